The van der Waals surface area contributed by atoms with Crippen molar-refractivity contribution in [3.05, 3.63) is 0 Å². The van der Waals surface area contributed by atoms with Gasteiger partial charge in [-0.25, -0.2) is 0 Å². The number of carbonyl (C=O) groups excluding carboxylic acids is 2. The maximum atomic E-state index is 12.7. The van der Waals surface area contributed by atoms with Gasteiger partial charge in [-0.1, -0.05) is 34.6 Å². The highest BCUT2D eigenvalue weighted by atomic mass is 16.2. The molecule has 2 atom stereocenters. The number of nitrogens with zero attached hydrogens (tertiary/aromatic N) is 1. The van der Waals surface area contributed by atoms with Crippen LogP contribution in [-0.4, -0.2) is 34.8 Å². The number of carbonyl (C=O) groups is 2. The minimum atomic E-state index is -0.743. The second kappa shape index (κ2) is 4.22. The Morgan fingerprint density at radius 2 is 1.60 bits per heavy atom. The van der Waals surface area contributed by atoms with E-state index in [0.717, 1.165) is 0 Å². The summed E-state index contributed by atoms with van der Waals surface area (Å²) in [7, 11) is 0. The number of rotatable bonds is 3. The van der Waals surface area contributed by atoms with E-state index in [1.807, 2.05) is 20.8 Å². The predicted molar refractivity (Wildman–Crippen MR) is 79.1 cm³/mol. The van der Waals surface area contributed by atoms with Gasteiger partial charge in [0.2, 0.25) is 11.8 Å². The van der Waals surface area contributed by atoms with Crippen LogP contribution < -0.4 is 5.32 Å². The van der Waals surface area contributed by atoms with Crippen LogP contribution in [0, 0.1) is 16.7 Å². The summed E-state index contributed by atoms with van der Waals surface area (Å²) in [6, 6.07) is -0.366. The average Bonchev–Trinajstić information content (AvgIpc) is 2.73. The molecule has 2 unspecified atom stereocenters. The van der Waals surface area contributed by atoms with E-state index < -0.39 is 5.54 Å². The van der Waals surface area contributed by atoms with Crippen LogP contribution in [0.4, 0.5) is 0 Å². The van der Waals surface area contributed by atoms with Crippen molar-refractivity contribution in [2.75, 3.05) is 6.54 Å². The summed E-state index contributed by atoms with van der Waals surface area (Å²) in [4.78, 5) is 26.7. The molecule has 0 radical (unpaired) electrons. The number of amides is 2. The van der Waals surface area contributed by atoms with Crippen molar-refractivity contribution in [3.8, 4) is 0 Å². The van der Waals surface area contributed by atoms with E-state index in [2.05, 4.69) is 33.0 Å². The van der Waals surface area contributed by atoms with Crippen LogP contribution in [0.3, 0.4) is 0 Å². The van der Waals surface area contributed by atoms with Crippen LogP contribution in [-0.2, 0) is 9.59 Å². The molecule has 2 aliphatic rings. The number of nitrogens with one attached hydrogen (secondary N) is 1. The minimum absolute atomic E-state index is 0.0368. The van der Waals surface area contributed by atoms with Crippen LogP contribution in [0.1, 0.15) is 54.9 Å². The highest BCUT2D eigenvalue weighted by Gasteiger charge is 2.65. The Labute approximate surface area is 122 Å². The van der Waals surface area contributed by atoms with Gasteiger partial charge in [-0.2, -0.15) is 0 Å². The lowest BCUT2D eigenvalue weighted by Gasteiger charge is -2.43. The third-order valence-electron chi connectivity index (χ3n) is 6.38. The van der Waals surface area contributed by atoms with Crippen molar-refractivity contribution in [2.45, 2.75) is 66.5 Å². The molecule has 2 rings (SSSR count). The molecule has 4 nitrogen and oxygen atoms in total. The minimum Gasteiger partial charge on any atom is -0.340 e. The molecule has 1 saturated carbocycles. The van der Waals surface area contributed by atoms with Gasteiger partial charge >= 0.3 is 0 Å². The molecule has 1 heterocycles. The Bertz CT molecular complexity index is 441. The van der Waals surface area contributed by atoms with Gasteiger partial charge < -0.3 is 10.2 Å². The van der Waals surface area contributed by atoms with Gasteiger partial charge in [-0.15, -0.1) is 0 Å². The van der Waals surface area contributed by atoms with Crippen LogP contribution in [0.15, 0.2) is 0 Å². The molecule has 0 spiro atoms. The number of hydrogen-bond donors (Lipinski definition) is 1. The first-order chi connectivity index (χ1) is 8.99. The molecule has 1 saturated heterocycles. The van der Waals surface area contributed by atoms with Crippen LogP contribution in [0.25, 0.3) is 0 Å². The summed E-state index contributed by atoms with van der Waals surface area (Å²) < 4.78 is 0. The SMILES string of the molecule is CCC1(C)NC(=O)C(C)N(CC2C(C)(C)C2(C)C)C1=O. The lowest BCUT2D eigenvalue weighted by Crippen LogP contribution is -2.68. The third-order valence-corrected chi connectivity index (χ3v) is 6.38. The summed E-state index contributed by atoms with van der Waals surface area (Å²) in [5, 5.41) is 2.88. The van der Waals surface area contributed by atoms with Gasteiger partial charge in [0.1, 0.15) is 11.6 Å². The van der Waals surface area contributed by atoms with E-state index in [1.165, 1.54) is 0 Å². The molecule has 2 fully saturated rings. The first-order valence-electron chi connectivity index (χ1n) is 7.62. The Morgan fingerprint density at radius 1 is 1.10 bits per heavy atom. The van der Waals surface area contributed by atoms with Crippen LogP contribution in [0.5, 0.6) is 0 Å². The summed E-state index contributed by atoms with van der Waals surface area (Å²) in [5.41, 5.74) is -0.292. The smallest absolute Gasteiger partial charge is 0.248 e. The molecular formula is C16H28N2O2. The van der Waals surface area contributed by atoms with Gasteiger partial charge in [-0.05, 0) is 37.0 Å². The monoisotopic (exact) mass is 280 g/mol. The summed E-state index contributed by atoms with van der Waals surface area (Å²) in [6.45, 7) is 15.3. The Hall–Kier alpha value is -1.06. The molecule has 1 N–H and O–H groups in total. The van der Waals surface area contributed by atoms with Crippen LogP contribution in [0.2, 0.25) is 0 Å². The maximum Gasteiger partial charge on any atom is 0.248 e. The van der Waals surface area contributed by atoms with Crippen molar-refractivity contribution in [2.24, 2.45) is 16.7 Å². The van der Waals surface area contributed by atoms with Gasteiger partial charge in [0.05, 0.1) is 0 Å². The first kappa shape index (κ1) is 15.3. The topological polar surface area (TPSA) is 49.4 Å². The van der Waals surface area contributed by atoms with E-state index >= 15 is 0 Å². The van der Waals surface area contributed by atoms with Gasteiger partial charge in [0.25, 0.3) is 0 Å². The molecule has 20 heavy (non-hydrogen) atoms. The van der Waals surface area contributed by atoms with E-state index in [0.29, 0.717) is 18.9 Å². The van der Waals surface area contributed by atoms with Crippen molar-refractivity contribution in [1.29, 1.82) is 0 Å². The zero-order valence-electron chi connectivity index (χ0n) is 13.8. The summed E-state index contributed by atoms with van der Waals surface area (Å²) in [6.07, 6.45) is 0.623. The Kier molecular flexibility index (Phi) is 3.23. The van der Waals surface area contributed by atoms with E-state index in [1.54, 1.807) is 4.90 Å². The average molecular weight is 280 g/mol. The van der Waals surface area contributed by atoms with Gasteiger partial charge in [0.15, 0.2) is 0 Å². The van der Waals surface area contributed by atoms with Crippen molar-refractivity contribution < 1.29 is 9.59 Å². The molecule has 0 aromatic rings. The highest BCUT2D eigenvalue weighted by molar-refractivity contribution is 5.99. The van der Waals surface area contributed by atoms with E-state index in [4.69, 9.17) is 0 Å². The van der Waals surface area contributed by atoms with Crippen molar-refractivity contribution >= 4 is 11.8 Å². The second-order valence-electron chi connectivity index (χ2n) is 7.80. The fraction of sp³-hybridized carbons (Fsp3) is 0.875. The van der Waals surface area contributed by atoms with E-state index in [-0.39, 0.29) is 28.7 Å². The fourth-order valence-electron chi connectivity index (χ4n) is 3.53. The first-order valence-corrected chi connectivity index (χ1v) is 7.62. The molecular weight excluding hydrogens is 252 g/mol. The molecule has 2 amide bonds. The molecule has 1 aliphatic heterocycles. The molecule has 0 aromatic heterocycles. The molecule has 1 aliphatic carbocycles. The van der Waals surface area contributed by atoms with Gasteiger partial charge in [-0.3, -0.25) is 9.59 Å². The summed E-state index contributed by atoms with van der Waals surface area (Å²) >= 11 is 0. The quantitative estimate of drug-likeness (QED) is 0.861. The zero-order valence-corrected chi connectivity index (χ0v) is 13.8. The molecule has 0 aromatic carbocycles. The molecule has 4 heteroatoms. The fourth-order valence-corrected chi connectivity index (χ4v) is 3.53. The zero-order chi connectivity index (χ0) is 15.5. The highest BCUT2D eigenvalue weighted by Crippen LogP contribution is 2.68. The Morgan fingerprint density at radius 3 is 2.00 bits per heavy atom. The normalized spacial score (nSPS) is 36.0. The standard InChI is InChI=1S/C16H28N2O2/c1-8-16(7)13(20)18(10(2)12(19)17-16)9-11-14(3,4)15(11,5)6/h10-11H,8-9H2,1-7H3,(H,17,19). The van der Waals surface area contributed by atoms with Gasteiger partial charge in [0, 0.05) is 6.54 Å². The largest absolute Gasteiger partial charge is 0.340 e. The number of hydrogen-bond acceptors (Lipinski definition) is 2. The lowest BCUT2D eigenvalue weighted by atomic mass is 9.91. The third kappa shape index (κ3) is 1.87. The Balaban J connectivity index is 2.22. The van der Waals surface area contributed by atoms with Crippen molar-refractivity contribution in [3.63, 3.8) is 0 Å². The van der Waals surface area contributed by atoms with Crippen molar-refractivity contribution in [1.82, 2.24) is 10.2 Å². The molecule has 114 valence electrons. The second-order valence-corrected chi connectivity index (χ2v) is 7.80. The number of piperazine rings is 1. The lowest BCUT2D eigenvalue weighted by molar-refractivity contribution is -0.154. The van der Waals surface area contributed by atoms with Crippen LogP contribution >= 0.6 is 0 Å². The molecule has 0 bridgehead atoms. The predicted octanol–water partition coefficient (Wildman–Crippen LogP) is 2.18. The summed E-state index contributed by atoms with van der Waals surface area (Å²) in [5.74, 6) is 0.476. The van der Waals surface area contributed by atoms with E-state index in [9.17, 15) is 9.59 Å². The maximum absolute atomic E-state index is 12.7.